The van der Waals surface area contributed by atoms with Crippen LogP contribution in [0.15, 0.2) is 53.7 Å². The van der Waals surface area contributed by atoms with Gasteiger partial charge in [-0.25, -0.2) is 0 Å². The number of carbonyl (C=O) groups is 1. The summed E-state index contributed by atoms with van der Waals surface area (Å²) < 4.78 is 12.8. The molecule has 0 bridgehead atoms. The first-order valence-electron chi connectivity index (χ1n) is 11.9. The predicted octanol–water partition coefficient (Wildman–Crippen LogP) is 4.93. The Balaban J connectivity index is 1.34. The minimum Gasteiger partial charge on any atom is -0.454 e. The Labute approximate surface area is 204 Å². The fourth-order valence-corrected chi connectivity index (χ4v) is 5.74. The number of aromatic nitrogens is 3. The zero-order valence-electron chi connectivity index (χ0n) is 19.4. The van der Waals surface area contributed by atoms with Crippen molar-refractivity contribution in [3.8, 4) is 11.5 Å². The van der Waals surface area contributed by atoms with Crippen LogP contribution in [-0.4, -0.2) is 33.2 Å². The number of nitrogens with one attached hydrogen (secondary N) is 1. The summed E-state index contributed by atoms with van der Waals surface area (Å²) in [5, 5.41) is 13.1. The van der Waals surface area contributed by atoms with E-state index in [9.17, 15) is 4.79 Å². The van der Waals surface area contributed by atoms with Crippen molar-refractivity contribution in [3.63, 3.8) is 0 Å². The fraction of sp³-hybridized carbons (Fsp3) is 0.423. The highest BCUT2D eigenvalue weighted by atomic mass is 32.2. The lowest BCUT2D eigenvalue weighted by Crippen LogP contribution is -2.31. The quantitative estimate of drug-likeness (QED) is 0.463. The number of thioether (sulfide) groups is 1. The molecule has 7 nitrogen and oxygen atoms in total. The van der Waals surface area contributed by atoms with E-state index in [1.165, 1.54) is 32.1 Å². The maximum atomic E-state index is 13.2. The van der Waals surface area contributed by atoms with Gasteiger partial charge in [0.2, 0.25) is 6.79 Å². The van der Waals surface area contributed by atoms with Crippen molar-refractivity contribution in [1.82, 2.24) is 20.1 Å². The molecule has 2 heterocycles. The summed E-state index contributed by atoms with van der Waals surface area (Å²) in [4.78, 5) is 13.2. The maximum absolute atomic E-state index is 13.2. The van der Waals surface area contributed by atoms with Gasteiger partial charge in [-0.3, -0.25) is 4.79 Å². The summed E-state index contributed by atoms with van der Waals surface area (Å²) in [7, 11) is 1.99. The number of nitrogens with zero attached hydrogens (tertiary/aromatic N) is 3. The second-order valence-electron chi connectivity index (χ2n) is 9.00. The van der Waals surface area contributed by atoms with Gasteiger partial charge in [-0.05, 0) is 48.9 Å². The van der Waals surface area contributed by atoms with Gasteiger partial charge in [0.25, 0.3) is 5.91 Å². The van der Waals surface area contributed by atoms with Crippen molar-refractivity contribution in [2.45, 2.75) is 49.7 Å². The van der Waals surface area contributed by atoms with Gasteiger partial charge in [0.05, 0.1) is 6.04 Å². The summed E-state index contributed by atoms with van der Waals surface area (Å²) in [5.74, 6) is 3.64. The standard InChI is InChI=1S/C26H30N4O3S/c1-30-24(28-29-26(30)34-16-19-10-6-3-7-11-19)21(14-18-8-4-2-5-9-18)27-25(31)20-12-13-22-23(15-20)33-17-32-22/h2,4-5,8-9,12-13,15,19,21H,3,6-7,10-11,14,16-17H2,1H3,(H,27,31). The largest absolute Gasteiger partial charge is 0.454 e. The molecule has 1 aliphatic heterocycles. The SMILES string of the molecule is Cn1c(SCC2CCCCC2)nnc1C(Cc1ccccc1)NC(=O)c1ccc2c(c1)OCO2. The molecule has 0 spiro atoms. The van der Waals surface area contributed by atoms with E-state index in [0.29, 0.717) is 23.5 Å². The molecule has 3 aromatic rings. The summed E-state index contributed by atoms with van der Waals surface area (Å²) in [6, 6.07) is 15.1. The molecule has 1 atom stereocenters. The smallest absolute Gasteiger partial charge is 0.252 e. The van der Waals surface area contributed by atoms with Gasteiger partial charge in [-0.1, -0.05) is 61.4 Å². The number of fused-ring (bicyclic) bond motifs is 1. The number of benzene rings is 2. The van der Waals surface area contributed by atoms with Crippen LogP contribution in [0.4, 0.5) is 0 Å². The lowest BCUT2D eigenvalue weighted by atomic mass is 9.91. The van der Waals surface area contributed by atoms with Gasteiger partial charge in [0, 0.05) is 18.4 Å². The Kier molecular flexibility index (Phi) is 7.04. The molecule has 1 amide bonds. The molecule has 1 aromatic heterocycles. The topological polar surface area (TPSA) is 78.3 Å². The molecule has 0 radical (unpaired) electrons. The molecule has 2 aromatic carbocycles. The van der Waals surface area contributed by atoms with Crippen molar-refractivity contribution < 1.29 is 14.3 Å². The zero-order chi connectivity index (χ0) is 23.3. The third-order valence-electron chi connectivity index (χ3n) is 6.58. The summed E-state index contributed by atoms with van der Waals surface area (Å²) in [6.07, 6.45) is 7.26. The Hall–Kier alpha value is -3.00. The van der Waals surface area contributed by atoms with Crippen LogP contribution in [0, 0.1) is 5.92 Å². The van der Waals surface area contributed by atoms with Crippen LogP contribution in [0.3, 0.4) is 0 Å². The van der Waals surface area contributed by atoms with Gasteiger partial charge in [0.15, 0.2) is 22.5 Å². The van der Waals surface area contributed by atoms with Crippen molar-refractivity contribution in [1.29, 1.82) is 0 Å². The van der Waals surface area contributed by atoms with Crippen LogP contribution in [0.5, 0.6) is 11.5 Å². The lowest BCUT2D eigenvalue weighted by molar-refractivity contribution is 0.0933. The number of rotatable bonds is 8. The normalized spacial score (nSPS) is 16.4. The van der Waals surface area contributed by atoms with Crippen LogP contribution < -0.4 is 14.8 Å². The van der Waals surface area contributed by atoms with Crippen LogP contribution in [0.25, 0.3) is 0 Å². The minimum atomic E-state index is -0.318. The molecule has 5 rings (SSSR count). The average Bonchev–Trinajstić information content (AvgIpc) is 3.49. The monoisotopic (exact) mass is 478 g/mol. The third kappa shape index (κ3) is 5.22. The predicted molar refractivity (Wildman–Crippen MR) is 131 cm³/mol. The van der Waals surface area contributed by atoms with Crippen LogP contribution in [0.2, 0.25) is 0 Å². The molecule has 1 saturated carbocycles. The number of ether oxygens (including phenoxy) is 2. The molecule has 1 unspecified atom stereocenters. The van der Waals surface area contributed by atoms with E-state index in [-0.39, 0.29) is 18.7 Å². The zero-order valence-corrected chi connectivity index (χ0v) is 20.2. The Morgan fingerprint density at radius 1 is 1.09 bits per heavy atom. The molecular weight excluding hydrogens is 448 g/mol. The van der Waals surface area contributed by atoms with Gasteiger partial charge < -0.3 is 19.4 Å². The summed E-state index contributed by atoms with van der Waals surface area (Å²) >= 11 is 1.77. The van der Waals surface area contributed by atoms with E-state index in [1.54, 1.807) is 30.0 Å². The second kappa shape index (κ2) is 10.5. The van der Waals surface area contributed by atoms with Gasteiger partial charge in [0.1, 0.15) is 0 Å². The molecule has 1 N–H and O–H groups in total. The van der Waals surface area contributed by atoms with Crippen molar-refractivity contribution in [2.75, 3.05) is 12.5 Å². The highest BCUT2D eigenvalue weighted by Crippen LogP contribution is 2.33. The maximum Gasteiger partial charge on any atom is 0.252 e. The van der Waals surface area contributed by atoms with E-state index >= 15 is 0 Å². The Bertz CT molecular complexity index is 1130. The third-order valence-corrected chi connectivity index (χ3v) is 7.83. The molecule has 178 valence electrons. The number of amides is 1. The number of hydrogen-bond acceptors (Lipinski definition) is 6. The van der Waals surface area contributed by atoms with E-state index in [1.807, 2.05) is 29.8 Å². The Morgan fingerprint density at radius 3 is 2.71 bits per heavy atom. The molecule has 1 aliphatic carbocycles. The number of carbonyl (C=O) groups excluding carboxylic acids is 1. The molecule has 0 saturated heterocycles. The molecule has 1 fully saturated rings. The van der Waals surface area contributed by atoms with Gasteiger partial charge in [-0.15, -0.1) is 10.2 Å². The minimum absolute atomic E-state index is 0.178. The molecule has 2 aliphatic rings. The van der Waals surface area contributed by atoms with Crippen LogP contribution >= 0.6 is 11.8 Å². The second-order valence-corrected chi connectivity index (χ2v) is 9.99. The van der Waals surface area contributed by atoms with E-state index in [0.717, 1.165) is 28.2 Å². The first-order chi connectivity index (χ1) is 16.7. The lowest BCUT2D eigenvalue weighted by Gasteiger charge is -2.21. The molecule has 34 heavy (non-hydrogen) atoms. The summed E-state index contributed by atoms with van der Waals surface area (Å²) in [5.41, 5.74) is 1.65. The van der Waals surface area contributed by atoms with Gasteiger partial charge in [-0.2, -0.15) is 0 Å². The van der Waals surface area contributed by atoms with Crippen LogP contribution in [0.1, 0.15) is 59.9 Å². The van der Waals surface area contributed by atoms with E-state index in [2.05, 4.69) is 27.6 Å². The highest BCUT2D eigenvalue weighted by molar-refractivity contribution is 7.99. The highest BCUT2D eigenvalue weighted by Gasteiger charge is 2.25. The average molecular weight is 479 g/mol. The number of hydrogen-bond donors (Lipinski definition) is 1. The fourth-order valence-electron chi connectivity index (χ4n) is 4.64. The van der Waals surface area contributed by atoms with Crippen LogP contribution in [-0.2, 0) is 13.5 Å². The van der Waals surface area contributed by atoms with Crippen molar-refractivity contribution in [3.05, 3.63) is 65.5 Å². The van der Waals surface area contributed by atoms with Crippen molar-refractivity contribution in [2.24, 2.45) is 13.0 Å². The first kappa shape index (κ1) is 22.8. The van der Waals surface area contributed by atoms with E-state index in [4.69, 9.17) is 9.47 Å². The van der Waals surface area contributed by atoms with Crippen molar-refractivity contribution >= 4 is 17.7 Å². The molecular formula is C26H30N4O3S. The Morgan fingerprint density at radius 2 is 1.88 bits per heavy atom. The first-order valence-corrected chi connectivity index (χ1v) is 12.9. The van der Waals surface area contributed by atoms with E-state index < -0.39 is 0 Å². The summed E-state index contributed by atoms with van der Waals surface area (Å²) in [6.45, 7) is 0.178. The molecule has 8 heteroatoms. The van der Waals surface area contributed by atoms with Gasteiger partial charge >= 0.3 is 0 Å².